The minimum absolute atomic E-state index is 0.289. The highest BCUT2D eigenvalue weighted by Gasteiger charge is 2.24. The maximum absolute atomic E-state index is 12.3. The summed E-state index contributed by atoms with van der Waals surface area (Å²) < 4.78 is 11.1. The third-order valence-electron chi connectivity index (χ3n) is 4.81. The molecule has 150 valence electrons. The summed E-state index contributed by atoms with van der Waals surface area (Å²) in [6, 6.07) is 25.6. The molecule has 3 aromatic carbocycles. The lowest BCUT2D eigenvalue weighted by molar-refractivity contribution is -0.129. The van der Waals surface area contributed by atoms with Gasteiger partial charge < -0.3 is 9.47 Å². The van der Waals surface area contributed by atoms with Crippen molar-refractivity contribution in [1.82, 2.24) is 0 Å². The molecule has 0 radical (unpaired) electrons. The largest absolute Gasteiger partial charge is 0.494 e. The number of hydrogen-bond acceptors (Lipinski definition) is 4. The number of unbranched alkanes of at least 4 members (excludes halogenated alkanes) is 1. The van der Waals surface area contributed by atoms with Crippen molar-refractivity contribution in [3.8, 4) is 16.9 Å². The van der Waals surface area contributed by atoms with Crippen LogP contribution >= 0.6 is 0 Å². The van der Waals surface area contributed by atoms with Gasteiger partial charge in [-0.25, -0.2) is 9.79 Å². The van der Waals surface area contributed by atoms with Gasteiger partial charge in [0.05, 0.1) is 6.61 Å². The van der Waals surface area contributed by atoms with Gasteiger partial charge in [-0.1, -0.05) is 67.9 Å². The van der Waals surface area contributed by atoms with Gasteiger partial charge in [-0.05, 0) is 53.5 Å². The number of esters is 1. The van der Waals surface area contributed by atoms with Crippen LogP contribution in [0.1, 0.15) is 30.9 Å². The Morgan fingerprint density at radius 2 is 1.53 bits per heavy atom. The average molecular weight is 397 g/mol. The summed E-state index contributed by atoms with van der Waals surface area (Å²) in [6.45, 7) is 2.84. The number of aliphatic imine (C=N–C) groups is 1. The van der Waals surface area contributed by atoms with E-state index in [0.29, 0.717) is 12.5 Å². The van der Waals surface area contributed by atoms with E-state index in [4.69, 9.17) is 9.47 Å². The normalized spacial score (nSPS) is 14.5. The molecule has 30 heavy (non-hydrogen) atoms. The zero-order valence-corrected chi connectivity index (χ0v) is 16.9. The zero-order valence-electron chi connectivity index (χ0n) is 16.9. The summed E-state index contributed by atoms with van der Waals surface area (Å²) in [5, 5.41) is 0. The first kappa shape index (κ1) is 19.6. The number of ether oxygens (including phenoxy) is 2. The molecule has 4 heteroatoms. The summed E-state index contributed by atoms with van der Waals surface area (Å²) in [5.74, 6) is 0.702. The second-order valence-electron chi connectivity index (χ2n) is 7.05. The predicted molar refractivity (Wildman–Crippen MR) is 119 cm³/mol. The maximum Gasteiger partial charge on any atom is 0.363 e. The van der Waals surface area contributed by atoms with Crippen LogP contribution in [-0.4, -0.2) is 18.5 Å². The minimum Gasteiger partial charge on any atom is -0.494 e. The van der Waals surface area contributed by atoms with Gasteiger partial charge in [0.25, 0.3) is 0 Å². The van der Waals surface area contributed by atoms with Gasteiger partial charge >= 0.3 is 5.97 Å². The van der Waals surface area contributed by atoms with Crippen molar-refractivity contribution in [2.75, 3.05) is 6.61 Å². The van der Waals surface area contributed by atoms with Gasteiger partial charge in [-0.3, -0.25) is 0 Å². The van der Waals surface area contributed by atoms with Crippen molar-refractivity contribution in [2.45, 2.75) is 19.8 Å². The van der Waals surface area contributed by atoms with Crippen LogP contribution in [0.3, 0.4) is 0 Å². The molecular formula is C26H23NO3. The Balaban J connectivity index is 1.48. The van der Waals surface area contributed by atoms with Crippen LogP contribution in [0.15, 0.2) is 89.6 Å². The van der Waals surface area contributed by atoms with E-state index < -0.39 is 5.97 Å². The summed E-state index contributed by atoms with van der Waals surface area (Å²) in [4.78, 5) is 16.7. The summed E-state index contributed by atoms with van der Waals surface area (Å²) in [5.41, 5.74) is 4.16. The Morgan fingerprint density at radius 1 is 0.867 bits per heavy atom. The molecule has 0 bridgehead atoms. The maximum atomic E-state index is 12.3. The van der Waals surface area contributed by atoms with E-state index >= 15 is 0 Å². The average Bonchev–Trinajstić information content (AvgIpc) is 3.16. The Labute approximate surface area is 176 Å². The Hall–Kier alpha value is -3.66. The monoisotopic (exact) mass is 397 g/mol. The van der Waals surface area contributed by atoms with Gasteiger partial charge in [0.1, 0.15) is 5.75 Å². The molecule has 4 rings (SSSR count). The highest BCUT2D eigenvalue weighted by Crippen LogP contribution is 2.23. The van der Waals surface area contributed by atoms with E-state index in [1.807, 2.05) is 66.7 Å². The highest BCUT2D eigenvalue weighted by molar-refractivity contribution is 6.12. The summed E-state index contributed by atoms with van der Waals surface area (Å²) in [6.07, 6.45) is 3.85. The number of benzene rings is 3. The van der Waals surface area contributed by atoms with Crippen molar-refractivity contribution in [2.24, 2.45) is 4.99 Å². The van der Waals surface area contributed by atoms with Crippen LogP contribution in [0.25, 0.3) is 17.2 Å². The van der Waals surface area contributed by atoms with Gasteiger partial charge in [0.2, 0.25) is 5.90 Å². The molecule has 0 atom stereocenters. The Kier molecular flexibility index (Phi) is 6.04. The molecule has 0 unspecified atom stereocenters. The fourth-order valence-corrected chi connectivity index (χ4v) is 3.12. The third kappa shape index (κ3) is 4.66. The Bertz CT molecular complexity index is 1070. The van der Waals surface area contributed by atoms with E-state index in [1.165, 1.54) is 0 Å². The molecule has 0 saturated heterocycles. The highest BCUT2D eigenvalue weighted by atomic mass is 16.6. The molecule has 4 nitrogen and oxygen atoms in total. The van der Waals surface area contributed by atoms with E-state index in [2.05, 4.69) is 24.0 Å². The van der Waals surface area contributed by atoms with Crippen molar-refractivity contribution >= 4 is 17.9 Å². The van der Waals surface area contributed by atoms with E-state index in [1.54, 1.807) is 6.08 Å². The zero-order chi connectivity index (χ0) is 20.8. The SMILES string of the molecule is CCCCOc1ccc(/C=C2\N=C(c3ccc(-c4ccccc4)cc3)OC2=O)cc1. The molecule has 0 N–H and O–H groups in total. The second-order valence-corrected chi connectivity index (χ2v) is 7.05. The molecule has 0 amide bonds. The van der Waals surface area contributed by atoms with Crippen molar-refractivity contribution in [3.63, 3.8) is 0 Å². The fourth-order valence-electron chi connectivity index (χ4n) is 3.12. The number of hydrogen-bond donors (Lipinski definition) is 0. The number of cyclic esters (lactones) is 1. The molecule has 0 aliphatic carbocycles. The van der Waals surface area contributed by atoms with Gasteiger partial charge in [0.15, 0.2) is 5.70 Å². The Morgan fingerprint density at radius 3 is 2.23 bits per heavy atom. The lowest BCUT2D eigenvalue weighted by Crippen LogP contribution is -2.05. The number of nitrogens with zero attached hydrogens (tertiary/aromatic N) is 1. The van der Waals surface area contributed by atoms with Crippen LogP contribution in [0, 0.1) is 0 Å². The van der Waals surface area contributed by atoms with Gasteiger partial charge in [-0.2, -0.15) is 0 Å². The van der Waals surface area contributed by atoms with E-state index in [0.717, 1.165) is 40.8 Å². The first-order chi connectivity index (χ1) is 14.7. The molecule has 0 fully saturated rings. The van der Waals surface area contributed by atoms with Crippen molar-refractivity contribution in [3.05, 3.63) is 95.7 Å². The lowest BCUT2D eigenvalue weighted by Gasteiger charge is -2.05. The standard InChI is InChI=1S/C26H23NO3/c1-2-3-17-29-23-15-9-19(10-16-23)18-24-26(28)30-25(27-24)22-13-11-21(12-14-22)20-7-5-4-6-8-20/h4-16,18H,2-3,17H2,1H3/b24-18-. The number of carbonyl (C=O) groups is 1. The van der Waals surface area contributed by atoms with E-state index in [-0.39, 0.29) is 5.70 Å². The van der Waals surface area contributed by atoms with Crippen molar-refractivity contribution in [1.29, 1.82) is 0 Å². The van der Waals surface area contributed by atoms with Crippen LogP contribution < -0.4 is 4.74 Å². The van der Waals surface area contributed by atoms with Crippen LogP contribution in [0.5, 0.6) is 5.75 Å². The molecule has 0 spiro atoms. The molecule has 1 heterocycles. The first-order valence-electron chi connectivity index (χ1n) is 10.1. The first-order valence-corrected chi connectivity index (χ1v) is 10.1. The van der Waals surface area contributed by atoms with Crippen LogP contribution in [-0.2, 0) is 9.53 Å². The lowest BCUT2D eigenvalue weighted by atomic mass is 10.0. The van der Waals surface area contributed by atoms with Crippen LogP contribution in [0.2, 0.25) is 0 Å². The van der Waals surface area contributed by atoms with Gasteiger partial charge in [-0.15, -0.1) is 0 Å². The molecule has 0 aromatic heterocycles. The molecular weight excluding hydrogens is 374 g/mol. The molecule has 0 saturated carbocycles. The topological polar surface area (TPSA) is 47.9 Å². The molecule has 1 aliphatic heterocycles. The fraction of sp³-hybridized carbons (Fsp3) is 0.154. The second kappa shape index (κ2) is 9.23. The summed E-state index contributed by atoms with van der Waals surface area (Å²) >= 11 is 0. The third-order valence-corrected chi connectivity index (χ3v) is 4.81. The molecule has 3 aromatic rings. The smallest absolute Gasteiger partial charge is 0.363 e. The molecule has 1 aliphatic rings. The van der Waals surface area contributed by atoms with Crippen molar-refractivity contribution < 1.29 is 14.3 Å². The summed E-state index contributed by atoms with van der Waals surface area (Å²) in [7, 11) is 0. The van der Waals surface area contributed by atoms with Gasteiger partial charge in [0, 0.05) is 5.56 Å². The quantitative estimate of drug-likeness (QED) is 0.284. The number of rotatable bonds is 7. The van der Waals surface area contributed by atoms with E-state index in [9.17, 15) is 4.79 Å². The predicted octanol–water partition coefficient (Wildman–Crippen LogP) is 5.88. The van der Waals surface area contributed by atoms with Crippen LogP contribution in [0.4, 0.5) is 0 Å². The minimum atomic E-state index is -0.444. The number of carbonyl (C=O) groups excluding carboxylic acids is 1.